The van der Waals surface area contributed by atoms with Crippen molar-refractivity contribution in [2.75, 3.05) is 0 Å². The Kier molecular flexibility index (Phi) is 2.72. The third-order valence-electron chi connectivity index (χ3n) is 4.02. The summed E-state index contributed by atoms with van der Waals surface area (Å²) in [6.07, 6.45) is 1.30. The predicted molar refractivity (Wildman–Crippen MR) is 65.0 cm³/mol. The fourth-order valence-corrected chi connectivity index (χ4v) is 2.46. The Bertz CT molecular complexity index is 438. The largest absolute Gasteiger partial charge is 0.351 e. The summed E-state index contributed by atoms with van der Waals surface area (Å²) >= 11 is 0. The number of hydrogen-bond acceptors (Lipinski definition) is 1. The molecule has 1 aromatic rings. The van der Waals surface area contributed by atoms with E-state index in [1.54, 1.807) is 12.1 Å². The van der Waals surface area contributed by atoms with E-state index in [1.165, 1.54) is 12.1 Å². The first-order chi connectivity index (χ1) is 7.82. The Balaban J connectivity index is 2.23. The second kappa shape index (κ2) is 3.83. The van der Waals surface area contributed by atoms with Gasteiger partial charge in [0.05, 0.1) is 0 Å². The average molecular weight is 235 g/mol. The summed E-state index contributed by atoms with van der Waals surface area (Å²) in [7, 11) is 0. The number of nitrogens with one attached hydrogen (secondary N) is 1. The third kappa shape index (κ3) is 2.19. The van der Waals surface area contributed by atoms with Crippen LogP contribution in [0.4, 0.5) is 4.39 Å². The topological polar surface area (TPSA) is 29.1 Å². The zero-order chi connectivity index (χ0) is 12.7. The van der Waals surface area contributed by atoms with Crippen molar-refractivity contribution >= 4 is 5.91 Å². The van der Waals surface area contributed by atoms with Crippen molar-refractivity contribution in [2.24, 2.45) is 5.41 Å². The molecular weight excluding hydrogens is 217 g/mol. The highest BCUT2D eigenvalue weighted by molar-refractivity contribution is 5.80. The molecule has 3 heteroatoms. The van der Waals surface area contributed by atoms with Crippen molar-refractivity contribution in [3.8, 4) is 0 Å². The van der Waals surface area contributed by atoms with Crippen molar-refractivity contribution in [3.63, 3.8) is 0 Å². The molecule has 1 aromatic carbocycles. The molecule has 1 aliphatic rings. The van der Waals surface area contributed by atoms with Crippen molar-refractivity contribution in [2.45, 2.75) is 39.2 Å². The quantitative estimate of drug-likeness (QED) is 0.839. The monoisotopic (exact) mass is 235 g/mol. The number of carbonyl (C=O) groups excluding carboxylic acids is 1. The Labute approximate surface area is 101 Å². The molecule has 2 rings (SSSR count). The lowest BCUT2D eigenvalue weighted by molar-refractivity contribution is -0.119. The van der Waals surface area contributed by atoms with Crippen LogP contribution in [-0.4, -0.2) is 11.4 Å². The Morgan fingerprint density at radius 3 is 2.29 bits per heavy atom. The van der Waals surface area contributed by atoms with Crippen LogP contribution < -0.4 is 5.32 Å². The standard InChI is InChI=1S/C14H18FNO/c1-13(2)14(3,9-12(17)16-13)8-10-4-6-11(15)7-5-10/h4-7H,8-9H2,1-3H3,(H,16,17). The van der Waals surface area contributed by atoms with E-state index in [1.807, 2.05) is 13.8 Å². The van der Waals surface area contributed by atoms with Gasteiger partial charge in [-0.3, -0.25) is 4.79 Å². The number of benzene rings is 1. The van der Waals surface area contributed by atoms with Crippen LogP contribution in [0, 0.1) is 11.2 Å². The molecule has 0 radical (unpaired) electrons. The molecule has 2 nitrogen and oxygen atoms in total. The van der Waals surface area contributed by atoms with E-state index in [4.69, 9.17) is 0 Å². The molecule has 92 valence electrons. The fourth-order valence-electron chi connectivity index (χ4n) is 2.46. The van der Waals surface area contributed by atoms with Crippen molar-refractivity contribution in [1.29, 1.82) is 0 Å². The lowest BCUT2D eigenvalue weighted by atomic mass is 9.70. The molecule has 1 aliphatic heterocycles. The Morgan fingerprint density at radius 1 is 1.24 bits per heavy atom. The van der Waals surface area contributed by atoms with E-state index in [0.717, 1.165) is 12.0 Å². The predicted octanol–water partition coefficient (Wildman–Crippen LogP) is 2.67. The molecule has 1 heterocycles. The van der Waals surface area contributed by atoms with Gasteiger partial charge in [-0.25, -0.2) is 4.39 Å². The minimum atomic E-state index is -0.224. The van der Waals surface area contributed by atoms with Crippen molar-refractivity contribution < 1.29 is 9.18 Å². The Hall–Kier alpha value is -1.38. The molecule has 17 heavy (non-hydrogen) atoms. The first-order valence-corrected chi connectivity index (χ1v) is 5.88. The van der Waals surface area contributed by atoms with E-state index in [0.29, 0.717) is 6.42 Å². The lowest BCUT2D eigenvalue weighted by Gasteiger charge is -2.37. The normalized spacial score (nSPS) is 26.9. The second-order valence-corrected chi connectivity index (χ2v) is 5.71. The molecular formula is C14H18FNO. The molecule has 1 amide bonds. The molecule has 1 fully saturated rings. The fraction of sp³-hybridized carbons (Fsp3) is 0.500. The number of rotatable bonds is 2. The average Bonchev–Trinajstić information content (AvgIpc) is 2.39. The number of hydrogen-bond donors (Lipinski definition) is 1. The second-order valence-electron chi connectivity index (χ2n) is 5.71. The van der Waals surface area contributed by atoms with Gasteiger partial charge in [-0.1, -0.05) is 19.1 Å². The van der Waals surface area contributed by atoms with Gasteiger partial charge < -0.3 is 5.32 Å². The zero-order valence-corrected chi connectivity index (χ0v) is 10.5. The summed E-state index contributed by atoms with van der Waals surface area (Å²) in [5.41, 5.74) is 0.721. The van der Waals surface area contributed by atoms with Crippen molar-refractivity contribution in [1.82, 2.24) is 5.32 Å². The van der Waals surface area contributed by atoms with Gasteiger partial charge in [0.15, 0.2) is 0 Å². The SMILES string of the molecule is CC1(Cc2ccc(F)cc2)CC(=O)NC1(C)C. The van der Waals surface area contributed by atoms with Gasteiger partial charge >= 0.3 is 0 Å². The van der Waals surface area contributed by atoms with E-state index < -0.39 is 0 Å². The van der Waals surface area contributed by atoms with Crippen LogP contribution in [0.2, 0.25) is 0 Å². The number of amides is 1. The van der Waals surface area contributed by atoms with Crippen LogP contribution in [0.15, 0.2) is 24.3 Å². The maximum atomic E-state index is 12.8. The van der Waals surface area contributed by atoms with E-state index >= 15 is 0 Å². The minimum absolute atomic E-state index is 0.0969. The van der Waals surface area contributed by atoms with E-state index in [9.17, 15) is 9.18 Å². The molecule has 0 aromatic heterocycles. The molecule has 0 saturated carbocycles. The lowest BCUT2D eigenvalue weighted by Crippen LogP contribution is -2.46. The summed E-state index contributed by atoms with van der Waals surface area (Å²) < 4.78 is 12.8. The minimum Gasteiger partial charge on any atom is -0.351 e. The highest BCUT2D eigenvalue weighted by Gasteiger charge is 2.48. The smallest absolute Gasteiger partial charge is 0.221 e. The van der Waals surface area contributed by atoms with Crippen LogP contribution >= 0.6 is 0 Å². The van der Waals surface area contributed by atoms with Gasteiger partial charge in [0.25, 0.3) is 0 Å². The van der Waals surface area contributed by atoms with Gasteiger partial charge in [0.1, 0.15) is 5.82 Å². The Morgan fingerprint density at radius 2 is 1.82 bits per heavy atom. The number of carbonyl (C=O) groups is 1. The van der Waals surface area contributed by atoms with Gasteiger partial charge in [-0.05, 0) is 38.0 Å². The number of halogens is 1. The molecule has 1 N–H and O–H groups in total. The highest BCUT2D eigenvalue weighted by Crippen LogP contribution is 2.42. The molecule has 0 bridgehead atoms. The summed E-state index contributed by atoms with van der Waals surface area (Å²) in [4.78, 5) is 11.5. The highest BCUT2D eigenvalue weighted by atomic mass is 19.1. The van der Waals surface area contributed by atoms with Crippen molar-refractivity contribution in [3.05, 3.63) is 35.6 Å². The first kappa shape index (κ1) is 12.1. The first-order valence-electron chi connectivity index (χ1n) is 5.88. The molecule has 1 unspecified atom stereocenters. The van der Waals surface area contributed by atoms with E-state index in [2.05, 4.69) is 12.2 Å². The van der Waals surface area contributed by atoms with Crippen LogP contribution in [0.5, 0.6) is 0 Å². The zero-order valence-electron chi connectivity index (χ0n) is 10.5. The van der Waals surface area contributed by atoms with Crippen LogP contribution in [-0.2, 0) is 11.2 Å². The van der Waals surface area contributed by atoms with E-state index in [-0.39, 0.29) is 22.7 Å². The maximum Gasteiger partial charge on any atom is 0.221 e. The molecule has 1 atom stereocenters. The van der Waals surface area contributed by atoms with Crippen LogP contribution in [0.1, 0.15) is 32.8 Å². The molecule has 0 spiro atoms. The summed E-state index contributed by atoms with van der Waals surface area (Å²) in [6.45, 7) is 6.19. The van der Waals surface area contributed by atoms with Crippen LogP contribution in [0.25, 0.3) is 0 Å². The summed E-state index contributed by atoms with van der Waals surface area (Å²) in [5.74, 6) is -0.126. The van der Waals surface area contributed by atoms with Gasteiger partial charge in [0, 0.05) is 17.4 Å². The third-order valence-corrected chi connectivity index (χ3v) is 4.02. The van der Waals surface area contributed by atoms with Crippen LogP contribution in [0.3, 0.4) is 0 Å². The van der Waals surface area contributed by atoms with Gasteiger partial charge in [-0.15, -0.1) is 0 Å². The van der Waals surface area contributed by atoms with Gasteiger partial charge in [0.2, 0.25) is 5.91 Å². The maximum absolute atomic E-state index is 12.8. The van der Waals surface area contributed by atoms with Gasteiger partial charge in [-0.2, -0.15) is 0 Å². The summed E-state index contributed by atoms with van der Waals surface area (Å²) in [5, 5.41) is 3.00. The summed E-state index contributed by atoms with van der Waals surface area (Å²) in [6, 6.07) is 6.52. The molecule has 0 aliphatic carbocycles. The molecule has 1 saturated heterocycles.